The number of benzene rings is 2. The minimum Gasteiger partial charge on any atom is -0.494 e. The number of thiocarbonyl (C=S) groups is 1. The normalized spacial score (nSPS) is 16.2. The number of amides is 1. The Hall–Kier alpha value is -4.70. The van der Waals surface area contributed by atoms with Crippen LogP contribution in [-0.4, -0.2) is 40.8 Å². The summed E-state index contributed by atoms with van der Waals surface area (Å²) in [5.74, 6) is 0.0391. The van der Waals surface area contributed by atoms with Crippen LogP contribution < -0.4 is 20.3 Å². The van der Waals surface area contributed by atoms with Crippen molar-refractivity contribution in [1.82, 2.24) is 14.9 Å². The largest absolute Gasteiger partial charge is 0.494 e. The molecule has 4 aromatic rings. The summed E-state index contributed by atoms with van der Waals surface area (Å²) in [7, 11) is 2.95. The fourth-order valence-corrected chi connectivity index (χ4v) is 5.84. The predicted molar refractivity (Wildman–Crippen MR) is 166 cm³/mol. The number of aryl methyl sites for hydroxylation is 1. The maximum atomic E-state index is 12.3. The van der Waals surface area contributed by atoms with Crippen LogP contribution in [0, 0.1) is 13.8 Å². The first-order valence-electron chi connectivity index (χ1n) is 13.6. The van der Waals surface area contributed by atoms with Crippen LogP contribution in [0.2, 0.25) is 0 Å². The second-order valence-electron chi connectivity index (χ2n) is 9.99. The molecule has 42 heavy (non-hydrogen) atoms. The van der Waals surface area contributed by atoms with Crippen molar-refractivity contribution in [3.63, 3.8) is 0 Å². The Kier molecular flexibility index (Phi) is 8.26. The Morgan fingerprint density at radius 1 is 1.02 bits per heavy atom. The zero-order valence-corrected chi connectivity index (χ0v) is 25.0. The molecule has 10 heteroatoms. The third-order valence-corrected chi connectivity index (χ3v) is 7.79. The van der Waals surface area contributed by atoms with E-state index in [1.54, 1.807) is 26.3 Å². The van der Waals surface area contributed by atoms with Crippen molar-refractivity contribution in [2.75, 3.05) is 24.4 Å². The van der Waals surface area contributed by atoms with Crippen LogP contribution in [0.15, 0.2) is 72.9 Å². The van der Waals surface area contributed by atoms with Gasteiger partial charge in [-0.1, -0.05) is 19.1 Å². The maximum absolute atomic E-state index is 12.3. The lowest BCUT2D eigenvalue weighted by atomic mass is 9.96. The number of ether oxygens (including phenoxy) is 2. The van der Waals surface area contributed by atoms with Crippen molar-refractivity contribution in [3.8, 4) is 11.4 Å². The van der Waals surface area contributed by atoms with Crippen molar-refractivity contribution in [3.05, 3.63) is 101 Å². The molecule has 0 aliphatic carbocycles. The molecule has 2 aromatic carbocycles. The molecule has 2 atom stereocenters. The fourth-order valence-electron chi connectivity index (χ4n) is 5.49. The smallest absolute Gasteiger partial charge is 0.337 e. The van der Waals surface area contributed by atoms with E-state index in [4.69, 9.17) is 21.7 Å². The van der Waals surface area contributed by atoms with Gasteiger partial charge in [-0.3, -0.25) is 9.78 Å². The minimum atomic E-state index is -0.390. The van der Waals surface area contributed by atoms with Gasteiger partial charge in [-0.2, -0.15) is 0 Å². The molecule has 1 saturated heterocycles. The SMILES string of the molecule is CCC(=O)Nc1ccc(N2C(=S)N[C@H](c3ccccn3)[C@@H]2c2cc(C)n(-c3cccc(C(=O)OC)c3)c2C)cc1OC. The summed E-state index contributed by atoms with van der Waals surface area (Å²) in [5, 5.41) is 6.94. The van der Waals surface area contributed by atoms with Crippen molar-refractivity contribution in [1.29, 1.82) is 0 Å². The van der Waals surface area contributed by atoms with E-state index in [2.05, 4.69) is 38.1 Å². The Balaban J connectivity index is 1.64. The summed E-state index contributed by atoms with van der Waals surface area (Å²) in [6.07, 6.45) is 2.13. The first kappa shape index (κ1) is 28.8. The van der Waals surface area contributed by atoms with Crippen LogP contribution in [-0.2, 0) is 9.53 Å². The van der Waals surface area contributed by atoms with Gasteiger partial charge in [0.2, 0.25) is 5.91 Å². The van der Waals surface area contributed by atoms with Crippen LogP contribution in [0.5, 0.6) is 5.75 Å². The summed E-state index contributed by atoms with van der Waals surface area (Å²) in [6.45, 7) is 5.90. The number of pyridine rings is 1. The highest BCUT2D eigenvalue weighted by Gasteiger charge is 2.42. The molecule has 1 fully saturated rings. The third-order valence-electron chi connectivity index (χ3n) is 7.47. The number of nitrogens with zero attached hydrogens (tertiary/aromatic N) is 3. The second kappa shape index (κ2) is 12.0. The van der Waals surface area contributed by atoms with Crippen LogP contribution in [0.1, 0.15) is 58.4 Å². The van der Waals surface area contributed by atoms with E-state index in [-0.39, 0.29) is 18.0 Å². The second-order valence-corrected chi connectivity index (χ2v) is 10.4. The van der Waals surface area contributed by atoms with E-state index in [0.29, 0.717) is 28.5 Å². The highest BCUT2D eigenvalue weighted by molar-refractivity contribution is 7.80. The van der Waals surface area contributed by atoms with Gasteiger partial charge in [-0.05, 0) is 80.2 Å². The third kappa shape index (κ3) is 5.33. The van der Waals surface area contributed by atoms with Crippen LogP contribution >= 0.6 is 12.2 Å². The van der Waals surface area contributed by atoms with Gasteiger partial charge >= 0.3 is 5.97 Å². The Morgan fingerprint density at radius 2 is 1.83 bits per heavy atom. The summed E-state index contributed by atoms with van der Waals surface area (Å²) in [5.41, 5.74) is 6.61. The quantitative estimate of drug-likeness (QED) is 0.198. The highest BCUT2D eigenvalue weighted by atomic mass is 32.1. The van der Waals surface area contributed by atoms with Gasteiger partial charge in [-0.25, -0.2) is 4.79 Å². The Labute approximate surface area is 250 Å². The van der Waals surface area contributed by atoms with Gasteiger partial charge in [0.25, 0.3) is 0 Å². The molecule has 0 spiro atoms. The number of nitrogens with one attached hydrogen (secondary N) is 2. The molecule has 216 valence electrons. The minimum absolute atomic E-state index is 0.101. The fraction of sp³-hybridized carbons (Fsp3) is 0.250. The van der Waals surface area contributed by atoms with Gasteiger partial charge in [0.05, 0.1) is 43.2 Å². The van der Waals surface area contributed by atoms with Crippen molar-refractivity contribution in [2.45, 2.75) is 39.3 Å². The molecule has 1 amide bonds. The van der Waals surface area contributed by atoms with Crippen molar-refractivity contribution < 1.29 is 19.1 Å². The maximum Gasteiger partial charge on any atom is 0.337 e. The first-order chi connectivity index (χ1) is 20.3. The van der Waals surface area contributed by atoms with Crippen molar-refractivity contribution in [2.24, 2.45) is 0 Å². The molecule has 0 radical (unpaired) electrons. The molecule has 1 aliphatic rings. The van der Waals surface area contributed by atoms with Gasteiger partial charge in [-0.15, -0.1) is 0 Å². The molecule has 2 N–H and O–H groups in total. The monoisotopic (exact) mass is 583 g/mol. The van der Waals surface area contributed by atoms with E-state index in [0.717, 1.165) is 34.0 Å². The van der Waals surface area contributed by atoms with Gasteiger partial charge in [0.1, 0.15) is 5.75 Å². The first-order valence-corrected chi connectivity index (χ1v) is 14.0. The zero-order valence-electron chi connectivity index (χ0n) is 24.2. The lowest BCUT2D eigenvalue weighted by Gasteiger charge is -2.29. The molecule has 9 nitrogen and oxygen atoms in total. The molecule has 0 unspecified atom stereocenters. The molecule has 3 heterocycles. The number of hydrogen-bond donors (Lipinski definition) is 2. The molecule has 1 aliphatic heterocycles. The van der Waals surface area contributed by atoms with E-state index < -0.39 is 5.97 Å². The average molecular weight is 584 g/mol. The standard InChI is InChI=1S/C32H33N5O4S/c1-6-28(38)34-25-14-13-23(18-27(25)40-4)37-30(29(35-32(37)42)26-12-7-8-15-33-26)24-16-19(2)36(20(24)3)22-11-9-10-21(17-22)31(39)41-5/h7-18,29-30H,6H2,1-5H3,(H,34,38)(H,35,42)/t29-,30+/m1/s1. The predicted octanol–water partition coefficient (Wildman–Crippen LogP) is 5.81. The Bertz CT molecular complexity index is 1650. The summed E-state index contributed by atoms with van der Waals surface area (Å²) in [6, 6.07) is 20.5. The van der Waals surface area contributed by atoms with Crippen LogP contribution in [0.4, 0.5) is 11.4 Å². The molecular weight excluding hydrogens is 550 g/mol. The van der Waals surface area contributed by atoms with Gasteiger partial charge < -0.3 is 29.6 Å². The number of methoxy groups -OCH3 is 2. The van der Waals surface area contributed by atoms with Crippen LogP contribution in [0.25, 0.3) is 5.69 Å². The number of carbonyl (C=O) groups excluding carboxylic acids is 2. The number of anilines is 2. The number of rotatable bonds is 8. The average Bonchev–Trinajstić information content (AvgIpc) is 3.51. The van der Waals surface area contributed by atoms with Gasteiger partial charge in [0, 0.05) is 41.4 Å². The van der Waals surface area contributed by atoms with Crippen LogP contribution in [0.3, 0.4) is 0 Å². The van der Waals surface area contributed by atoms with E-state index >= 15 is 0 Å². The van der Waals surface area contributed by atoms with E-state index in [1.165, 1.54) is 7.11 Å². The summed E-state index contributed by atoms with van der Waals surface area (Å²) in [4.78, 5) is 31.1. The molecule has 2 aromatic heterocycles. The number of esters is 1. The molecular formula is C32H33N5O4S. The van der Waals surface area contributed by atoms with Gasteiger partial charge in [0.15, 0.2) is 5.11 Å². The lowest BCUT2D eigenvalue weighted by Crippen LogP contribution is -2.29. The Morgan fingerprint density at radius 3 is 2.52 bits per heavy atom. The summed E-state index contributed by atoms with van der Waals surface area (Å²) >= 11 is 5.93. The number of aromatic nitrogens is 2. The number of hydrogen-bond acceptors (Lipinski definition) is 6. The molecule has 5 rings (SSSR count). The van der Waals surface area contributed by atoms with Crippen molar-refractivity contribution >= 4 is 40.6 Å². The van der Waals surface area contributed by atoms with E-state index in [1.807, 2.05) is 61.5 Å². The molecule has 0 bridgehead atoms. The van der Waals surface area contributed by atoms with E-state index in [9.17, 15) is 9.59 Å². The molecule has 0 saturated carbocycles. The number of carbonyl (C=O) groups is 2. The lowest BCUT2D eigenvalue weighted by molar-refractivity contribution is -0.115. The highest BCUT2D eigenvalue weighted by Crippen LogP contribution is 2.45. The topological polar surface area (TPSA) is 97.7 Å². The zero-order chi connectivity index (χ0) is 30.0. The summed E-state index contributed by atoms with van der Waals surface area (Å²) < 4.78 is 12.7.